The molecule has 0 spiro atoms. The van der Waals surface area contributed by atoms with Gasteiger partial charge in [0.05, 0.1) is 6.42 Å². The summed E-state index contributed by atoms with van der Waals surface area (Å²) in [6.07, 6.45) is 1.89. The van der Waals surface area contributed by atoms with Gasteiger partial charge in [-0.1, -0.05) is 11.1 Å². The van der Waals surface area contributed by atoms with E-state index >= 15 is 0 Å². The lowest BCUT2D eigenvalue weighted by atomic mass is 9.84. The molecule has 79 valence electrons. The van der Waals surface area contributed by atoms with E-state index in [1.54, 1.807) is 33.8 Å². The Bertz CT molecular complexity index is 292. The number of hydroxylamine groups is 3. The van der Waals surface area contributed by atoms with Gasteiger partial charge in [-0.05, 0) is 27.7 Å². The Morgan fingerprint density at radius 2 is 2.00 bits per heavy atom. The molecule has 0 aromatic rings. The lowest BCUT2D eigenvalue weighted by Gasteiger charge is -2.32. The summed E-state index contributed by atoms with van der Waals surface area (Å²) in [6, 6.07) is 0. The highest BCUT2D eigenvalue weighted by Crippen LogP contribution is 2.36. The minimum atomic E-state index is -0.701. The molecule has 0 saturated carbocycles. The molecule has 0 unspecified atom stereocenters. The van der Waals surface area contributed by atoms with E-state index in [-0.39, 0.29) is 5.84 Å². The van der Waals surface area contributed by atoms with Crippen LogP contribution in [0.1, 0.15) is 34.1 Å². The molecule has 0 amide bonds. The van der Waals surface area contributed by atoms with Crippen molar-refractivity contribution >= 4 is 5.84 Å². The van der Waals surface area contributed by atoms with Crippen LogP contribution >= 0.6 is 0 Å². The van der Waals surface area contributed by atoms with Crippen molar-refractivity contribution in [3.8, 4) is 0 Å². The molecule has 0 saturated heterocycles. The molecule has 0 bridgehead atoms. The van der Waals surface area contributed by atoms with Crippen LogP contribution in [0.25, 0.3) is 0 Å². The van der Waals surface area contributed by atoms with E-state index in [4.69, 9.17) is 0 Å². The second-order valence-corrected chi connectivity index (χ2v) is 4.62. The monoisotopic (exact) mass is 197 g/mol. The van der Waals surface area contributed by atoms with Gasteiger partial charge in [-0.25, -0.2) is 0 Å². The van der Waals surface area contributed by atoms with Crippen molar-refractivity contribution in [3.63, 3.8) is 0 Å². The molecule has 4 nitrogen and oxygen atoms in total. The fourth-order valence-corrected chi connectivity index (χ4v) is 1.52. The van der Waals surface area contributed by atoms with E-state index in [1.165, 1.54) is 0 Å². The van der Waals surface area contributed by atoms with E-state index in [1.807, 2.05) is 0 Å². The number of hydrogen-bond donors (Lipinski definition) is 0. The topological polar surface area (TPSA) is 49.2 Å². The third-order valence-electron chi connectivity index (χ3n) is 3.31. The number of nitrogens with zero attached hydrogens (tertiary/aromatic N) is 2. The van der Waals surface area contributed by atoms with Gasteiger partial charge in [-0.2, -0.15) is 0 Å². The fourth-order valence-electron chi connectivity index (χ4n) is 1.52. The largest absolute Gasteiger partial charge is 0.715 e. The van der Waals surface area contributed by atoms with Crippen molar-refractivity contribution < 1.29 is 9.95 Å². The number of amidine groups is 1. The molecule has 4 heteroatoms. The van der Waals surface area contributed by atoms with Gasteiger partial charge in [-0.3, -0.25) is 4.74 Å². The van der Waals surface area contributed by atoms with E-state index in [0.29, 0.717) is 6.42 Å². The zero-order valence-electron chi connectivity index (χ0n) is 9.20. The molecule has 1 rings (SSSR count). The smallest absolute Gasteiger partial charge is 0.288 e. The molecule has 0 N–H and O–H groups in total. The first-order valence-corrected chi connectivity index (χ1v) is 4.68. The van der Waals surface area contributed by atoms with Gasteiger partial charge in [0.2, 0.25) is 0 Å². The summed E-state index contributed by atoms with van der Waals surface area (Å²) in [6.45, 7) is 10.7. The van der Waals surface area contributed by atoms with Crippen molar-refractivity contribution in [2.75, 3.05) is 0 Å². The van der Waals surface area contributed by atoms with Gasteiger partial charge in [0, 0.05) is 5.21 Å². The molecule has 14 heavy (non-hydrogen) atoms. The van der Waals surface area contributed by atoms with Crippen LogP contribution in [0.5, 0.6) is 0 Å². The summed E-state index contributed by atoms with van der Waals surface area (Å²) in [5.74, 6) is 0.245. The minimum absolute atomic E-state index is 0.245. The van der Waals surface area contributed by atoms with E-state index in [9.17, 15) is 10.4 Å². The normalized spacial score (nSPS) is 24.2. The maximum atomic E-state index is 11.8. The van der Waals surface area contributed by atoms with Crippen LogP contribution in [-0.2, 0) is 5.21 Å². The fraction of sp³-hybridized carbons (Fsp3) is 0.700. The molecule has 0 aromatic heterocycles. The third-order valence-corrected chi connectivity index (χ3v) is 3.31. The molecule has 1 heterocycles. The first-order valence-electron chi connectivity index (χ1n) is 4.68. The van der Waals surface area contributed by atoms with Crippen LogP contribution in [0.15, 0.2) is 12.7 Å². The minimum Gasteiger partial charge on any atom is -0.715 e. The molecule has 1 aliphatic rings. The van der Waals surface area contributed by atoms with Gasteiger partial charge in [0.15, 0.2) is 5.54 Å². The molecule has 0 aromatic carbocycles. The van der Waals surface area contributed by atoms with Gasteiger partial charge in [0.25, 0.3) is 5.84 Å². The van der Waals surface area contributed by atoms with E-state index < -0.39 is 11.1 Å². The second kappa shape index (κ2) is 2.98. The highest BCUT2D eigenvalue weighted by molar-refractivity contribution is 5.80. The Morgan fingerprint density at radius 3 is 2.29 bits per heavy atom. The number of rotatable bonds is 2. The van der Waals surface area contributed by atoms with Crippen LogP contribution in [0.4, 0.5) is 0 Å². The molecule has 1 radical (unpaired) electrons. The molecule has 0 aliphatic carbocycles. The molecule has 0 atom stereocenters. The first kappa shape index (κ1) is 11.0. The average Bonchev–Trinajstić information content (AvgIpc) is 2.19. The Balaban J connectivity index is 3.19. The summed E-state index contributed by atoms with van der Waals surface area (Å²) in [7, 11) is 0. The molecular formula is C10H17N2O2. The molecular weight excluding hydrogens is 180 g/mol. The SMILES string of the molecule is C=CCC1=[N+]([O-])C(C)(C)C(C)(C)N1[O]. The van der Waals surface area contributed by atoms with Crippen LogP contribution < -0.4 is 0 Å². The summed E-state index contributed by atoms with van der Waals surface area (Å²) in [5, 5.41) is 24.5. The Labute approximate surface area is 84.7 Å². The molecule has 1 aliphatic heterocycles. The Kier molecular flexibility index (Phi) is 2.35. The Hall–Kier alpha value is -1.03. The quantitative estimate of drug-likeness (QED) is 0.384. The summed E-state index contributed by atoms with van der Waals surface area (Å²) < 4.78 is 0.807. The van der Waals surface area contributed by atoms with Gasteiger partial charge >= 0.3 is 0 Å². The summed E-state index contributed by atoms with van der Waals surface area (Å²) >= 11 is 0. The van der Waals surface area contributed by atoms with Crippen LogP contribution in [0.3, 0.4) is 0 Å². The van der Waals surface area contributed by atoms with Crippen molar-refractivity contribution in [3.05, 3.63) is 17.9 Å². The maximum absolute atomic E-state index is 11.8. The number of hydrogen-bond acceptors (Lipinski definition) is 2. The van der Waals surface area contributed by atoms with Crippen molar-refractivity contribution in [1.29, 1.82) is 0 Å². The summed E-state index contributed by atoms with van der Waals surface area (Å²) in [5.41, 5.74) is -1.40. The highest BCUT2D eigenvalue weighted by atomic mass is 16.5. The Morgan fingerprint density at radius 1 is 1.50 bits per heavy atom. The maximum Gasteiger partial charge on any atom is 0.288 e. The van der Waals surface area contributed by atoms with Crippen LogP contribution in [-0.4, -0.2) is 26.7 Å². The highest BCUT2D eigenvalue weighted by Gasteiger charge is 2.58. The van der Waals surface area contributed by atoms with E-state index in [2.05, 4.69) is 6.58 Å². The zero-order chi connectivity index (χ0) is 11.1. The lowest BCUT2D eigenvalue weighted by molar-refractivity contribution is -0.540. The standard InChI is InChI=1S/C10H17N2O2/c1-6-7-8-11(13)9(2,3)10(4,5)12(8)14/h6H,1,7H2,2-5H3. The van der Waals surface area contributed by atoms with Crippen molar-refractivity contribution in [2.45, 2.75) is 45.2 Å². The van der Waals surface area contributed by atoms with Crippen molar-refractivity contribution in [1.82, 2.24) is 5.06 Å². The molecule has 0 fully saturated rings. The van der Waals surface area contributed by atoms with Crippen molar-refractivity contribution in [2.24, 2.45) is 0 Å². The predicted molar refractivity (Wildman–Crippen MR) is 54.1 cm³/mol. The lowest BCUT2D eigenvalue weighted by Crippen LogP contribution is -2.53. The van der Waals surface area contributed by atoms with Gasteiger partial charge in [0.1, 0.15) is 5.54 Å². The zero-order valence-corrected chi connectivity index (χ0v) is 9.20. The van der Waals surface area contributed by atoms with Crippen LogP contribution in [0.2, 0.25) is 0 Å². The van der Waals surface area contributed by atoms with E-state index in [0.717, 1.165) is 9.80 Å². The van der Waals surface area contributed by atoms with Gasteiger partial charge in [-0.15, -0.1) is 6.58 Å². The van der Waals surface area contributed by atoms with Crippen LogP contribution in [0, 0.1) is 5.21 Å². The summed E-state index contributed by atoms with van der Waals surface area (Å²) in [4.78, 5) is 0. The third kappa shape index (κ3) is 1.14. The average molecular weight is 197 g/mol. The predicted octanol–water partition coefficient (Wildman–Crippen LogP) is 1.69. The second-order valence-electron chi connectivity index (χ2n) is 4.62. The first-order chi connectivity index (χ1) is 6.26. The van der Waals surface area contributed by atoms with Gasteiger partial charge < -0.3 is 5.21 Å².